The first-order chi connectivity index (χ1) is 13.5. The minimum Gasteiger partial charge on any atom is -0.550 e. The second kappa shape index (κ2) is 7.83. The summed E-state index contributed by atoms with van der Waals surface area (Å²) in [5, 5.41) is 14.9. The Labute approximate surface area is 167 Å². The van der Waals surface area contributed by atoms with Crippen molar-refractivity contribution in [2.75, 3.05) is 12.4 Å². The van der Waals surface area contributed by atoms with Crippen LogP contribution in [-0.4, -0.2) is 37.2 Å². The van der Waals surface area contributed by atoms with Crippen LogP contribution in [0.15, 0.2) is 0 Å². The maximum absolute atomic E-state index is 13.0. The van der Waals surface area contributed by atoms with Gasteiger partial charge in [0.05, 0.1) is 30.8 Å². The van der Waals surface area contributed by atoms with Gasteiger partial charge in [-0.25, -0.2) is 4.79 Å². The smallest absolute Gasteiger partial charge is 0.341 e. The first-order valence-corrected chi connectivity index (χ1v) is 10.7. The molecule has 2 saturated heterocycles. The Kier molecular flexibility index (Phi) is 5.42. The van der Waals surface area contributed by atoms with Gasteiger partial charge in [-0.2, -0.15) is 0 Å². The molecule has 4 atom stereocenters. The van der Waals surface area contributed by atoms with Crippen LogP contribution in [0.5, 0.6) is 0 Å². The summed E-state index contributed by atoms with van der Waals surface area (Å²) in [5.74, 6) is -3.87. The Hall–Kier alpha value is -1.93. The lowest BCUT2D eigenvalue weighted by Crippen LogP contribution is -2.46. The number of rotatable bonds is 4. The summed E-state index contributed by atoms with van der Waals surface area (Å²) in [7, 11) is 1.33. The number of anilines is 1. The van der Waals surface area contributed by atoms with Crippen LogP contribution in [0.4, 0.5) is 5.00 Å². The van der Waals surface area contributed by atoms with Gasteiger partial charge in [0.1, 0.15) is 5.00 Å². The van der Waals surface area contributed by atoms with E-state index in [1.54, 1.807) is 0 Å². The van der Waals surface area contributed by atoms with E-state index in [4.69, 9.17) is 9.47 Å². The number of thiophene rings is 1. The average Bonchev–Trinajstić information content (AvgIpc) is 3.34. The molecular weight excluding hydrogens is 382 g/mol. The maximum Gasteiger partial charge on any atom is 0.341 e. The molecule has 1 aliphatic carbocycles. The zero-order valence-electron chi connectivity index (χ0n) is 15.8. The molecule has 2 aliphatic heterocycles. The Bertz CT molecular complexity index is 803. The van der Waals surface area contributed by atoms with Gasteiger partial charge in [0.2, 0.25) is 5.91 Å². The van der Waals surface area contributed by atoms with Crippen molar-refractivity contribution in [3.63, 3.8) is 0 Å². The summed E-state index contributed by atoms with van der Waals surface area (Å²) in [6.07, 6.45) is 6.40. The highest BCUT2D eigenvalue weighted by atomic mass is 32.1. The predicted octanol–water partition coefficient (Wildman–Crippen LogP) is 1.68. The molecule has 8 heteroatoms. The Morgan fingerprint density at radius 1 is 1.07 bits per heavy atom. The highest BCUT2D eigenvalue weighted by Crippen LogP contribution is 2.45. The van der Waals surface area contributed by atoms with Crippen LogP contribution in [-0.2, 0) is 31.9 Å². The molecule has 2 bridgehead atoms. The van der Waals surface area contributed by atoms with E-state index in [9.17, 15) is 19.5 Å². The average molecular weight is 406 g/mol. The van der Waals surface area contributed by atoms with Gasteiger partial charge in [-0.3, -0.25) is 4.79 Å². The van der Waals surface area contributed by atoms with Gasteiger partial charge in [-0.15, -0.1) is 11.3 Å². The SMILES string of the molecule is COC(=O)c1c(NC(=O)C2C3CCC(O3)C2C(=O)[O-])sc2c1CCCCCC2. The first-order valence-electron chi connectivity index (χ1n) is 9.91. The molecule has 152 valence electrons. The standard InChI is InChI=1S/C20H25NO6S/c1-26-20(25)14-10-6-4-2-3-5-7-13(10)28-18(14)21-17(22)15-11-8-9-12(27-11)16(15)19(23)24/h11-12,15-16H,2-9H2,1H3,(H,21,22)(H,23,24)/p-1. The number of fused-ring (bicyclic) bond motifs is 3. The third-order valence-corrected chi connectivity index (χ3v) is 7.35. The number of carboxylic acids is 1. The summed E-state index contributed by atoms with van der Waals surface area (Å²) < 4.78 is 10.6. The number of ether oxygens (including phenoxy) is 2. The lowest BCUT2D eigenvalue weighted by atomic mass is 9.78. The number of aryl methyl sites for hydroxylation is 1. The van der Waals surface area contributed by atoms with Crippen LogP contribution >= 0.6 is 11.3 Å². The topological polar surface area (TPSA) is 105 Å². The molecule has 4 unspecified atom stereocenters. The van der Waals surface area contributed by atoms with Crippen molar-refractivity contribution in [3.8, 4) is 0 Å². The fourth-order valence-corrected chi connectivity index (χ4v) is 6.11. The van der Waals surface area contributed by atoms with Crippen molar-refractivity contribution < 1.29 is 29.0 Å². The van der Waals surface area contributed by atoms with Gasteiger partial charge >= 0.3 is 5.97 Å². The number of carbonyl (C=O) groups excluding carboxylic acids is 3. The number of aliphatic carboxylic acids is 1. The highest BCUT2D eigenvalue weighted by Gasteiger charge is 2.53. The number of amides is 1. The van der Waals surface area contributed by atoms with Gasteiger partial charge in [0, 0.05) is 16.8 Å². The van der Waals surface area contributed by atoms with Crippen molar-refractivity contribution in [1.82, 2.24) is 0 Å². The van der Waals surface area contributed by atoms with Crippen LogP contribution in [0.3, 0.4) is 0 Å². The van der Waals surface area contributed by atoms with Crippen molar-refractivity contribution in [2.45, 2.75) is 63.6 Å². The zero-order valence-corrected chi connectivity index (χ0v) is 16.6. The van der Waals surface area contributed by atoms with Gasteiger partial charge in [0.25, 0.3) is 0 Å². The monoisotopic (exact) mass is 406 g/mol. The van der Waals surface area contributed by atoms with Gasteiger partial charge in [-0.05, 0) is 44.1 Å². The molecule has 7 nitrogen and oxygen atoms in total. The molecule has 0 aromatic carbocycles. The summed E-state index contributed by atoms with van der Waals surface area (Å²) >= 11 is 1.41. The number of hydrogen-bond acceptors (Lipinski definition) is 7. The molecule has 1 aromatic rings. The van der Waals surface area contributed by atoms with Crippen LogP contribution in [0.25, 0.3) is 0 Å². The zero-order chi connectivity index (χ0) is 19.8. The molecule has 0 radical (unpaired) electrons. The van der Waals surface area contributed by atoms with Crippen molar-refractivity contribution in [3.05, 3.63) is 16.0 Å². The first kappa shape index (κ1) is 19.4. The quantitative estimate of drug-likeness (QED) is 0.763. The molecule has 1 N–H and O–H groups in total. The van der Waals surface area contributed by atoms with E-state index in [0.717, 1.165) is 49.0 Å². The van der Waals surface area contributed by atoms with Gasteiger partial charge in [-0.1, -0.05) is 12.8 Å². The molecule has 3 heterocycles. The molecule has 0 spiro atoms. The van der Waals surface area contributed by atoms with Crippen LogP contribution < -0.4 is 10.4 Å². The summed E-state index contributed by atoms with van der Waals surface area (Å²) in [6, 6.07) is 0. The van der Waals surface area contributed by atoms with E-state index in [2.05, 4.69) is 5.32 Å². The minimum atomic E-state index is -1.25. The fraction of sp³-hybridized carbons (Fsp3) is 0.650. The normalized spacial score (nSPS) is 28.9. The van der Waals surface area contributed by atoms with E-state index < -0.39 is 41.9 Å². The second-order valence-corrected chi connectivity index (χ2v) is 8.87. The molecule has 4 rings (SSSR count). The Morgan fingerprint density at radius 2 is 1.75 bits per heavy atom. The lowest BCUT2D eigenvalue weighted by molar-refractivity contribution is -0.313. The summed E-state index contributed by atoms with van der Waals surface area (Å²) in [4.78, 5) is 38.2. The van der Waals surface area contributed by atoms with E-state index >= 15 is 0 Å². The van der Waals surface area contributed by atoms with Crippen LogP contribution in [0.1, 0.15) is 59.3 Å². The third-order valence-electron chi connectivity index (χ3n) is 6.15. The van der Waals surface area contributed by atoms with E-state index in [1.165, 1.54) is 18.4 Å². The molecule has 3 aliphatic rings. The minimum absolute atomic E-state index is 0.407. The second-order valence-electron chi connectivity index (χ2n) is 7.76. The number of carboxylic acid groups (broad SMARTS) is 1. The number of methoxy groups -OCH3 is 1. The lowest BCUT2D eigenvalue weighted by Gasteiger charge is -2.27. The molecule has 28 heavy (non-hydrogen) atoms. The van der Waals surface area contributed by atoms with Crippen LogP contribution in [0.2, 0.25) is 0 Å². The fourth-order valence-electron chi connectivity index (χ4n) is 4.83. The van der Waals surface area contributed by atoms with Crippen molar-refractivity contribution in [2.24, 2.45) is 11.8 Å². The van der Waals surface area contributed by atoms with E-state index in [0.29, 0.717) is 23.4 Å². The Balaban J connectivity index is 1.63. The molecule has 0 saturated carbocycles. The van der Waals surface area contributed by atoms with E-state index in [1.807, 2.05) is 0 Å². The molecule has 2 fully saturated rings. The highest BCUT2D eigenvalue weighted by molar-refractivity contribution is 7.17. The van der Waals surface area contributed by atoms with Gasteiger partial charge < -0.3 is 24.7 Å². The molecule has 1 aromatic heterocycles. The molecular formula is C20H24NO6S-. The maximum atomic E-state index is 13.0. The summed E-state index contributed by atoms with van der Waals surface area (Å²) in [6.45, 7) is 0. The predicted molar refractivity (Wildman–Crippen MR) is 100 cm³/mol. The molecule has 1 amide bonds. The number of carbonyl (C=O) groups is 3. The van der Waals surface area contributed by atoms with Crippen LogP contribution in [0, 0.1) is 11.8 Å². The summed E-state index contributed by atoms with van der Waals surface area (Å²) in [5.41, 5.74) is 1.39. The third kappa shape index (κ3) is 3.33. The number of nitrogens with one attached hydrogen (secondary N) is 1. The number of hydrogen-bond donors (Lipinski definition) is 1. The van der Waals surface area contributed by atoms with E-state index in [-0.39, 0.29) is 0 Å². The van der Waals surface area contributed by atoms with Gasteiger partial charge in [0.15, 0.2) is 0 Å². The largest absolute Gasteiger partial charge is 0.550 e. The number of esters is 1. The van der Waals surface area contributed by atoms with Crippen molar-refractivity contribution in [1.29, 1.82) is 0 Å². The Morgan fingerprint density at radius 3 is 2.43 bits per heavy atom. The van der Waals surface area contributed by atoms with Crippen molar-refractivity contribution >= 4 is 34.2 Å².